The summed E-state index contributed by atoms with van der Waals surface area (Å²) in [4.78, 5) is 26.3. The molecule has 8 heteroatoms. The van der Waals surface area contributed by atoms with Crippen LogP contribution in [0.15, 0.2) is 29.2 Å². The van der Waals surface area contributed by atoms with Gasteiger partial charge >= 0.3 is 5.97 Å². The molecule has 1 aromatic carbocycles. The zero-order chi connectivity index (χ0) is 18.7. The van der Waals surface area contributed by atoms with Gasteiger partial charge in [0.2, 0.25) is 10.0 Å². The number of carbonyl (C=O) groups excluding carboxylic acids is 2. The average molecular weight is 380 g/mol. The molecule has 142 valence electrons. The third-order valence-corrected chi connectivity index (χ3v) is 6.76. The first-order chi connectivity index (χ1) is 12.4. The Morgan fingerprint density at radius 3 is 2.08 bits per heavy atom. The van der Waals surface area contributed by atoms with Crippen molar-refractivity contribution in [2.75, 3.05) is 26.2 Å². The van der Waals surface area contributed by atoms with E-state index in [1.54, 1.807) is 11.8 Å². The van der Waals surface area contributed by atoms with Crippen molar-refractivity contribution in [1.29, 1.82) is 0 Å². The molecule has 1 amide bonds. The van der Waals surface area contributed by atoms with Crippen LogP contribution in [-0.2, 0) is 19.6 Å². The van der Waals surface area contributed by atoms with Crippen molar-refractivity contribution in [3.05, 3.63) is 29.8 Å². The molecule has 1 atom stereocenters. The number of hydrogen-bond acceptors (Lipinski definition) is 5. The maximum absolute atomic E-state index is 12.5. The van der Waals surface area contributed by atoms with Crippen LogP contribution in [0.2, 0.25) is 0 Å². The summed E-state index contributed by atoms with van der Waals surface area (Å²) in [5.74, 6) is -0.820. The number of sulfonamides is 1. The third-order valence-electron chi connectivity index (χ3n) is 4.84. The second-order valence-corrected chi connectivity index (χ2v) is 8.65. The molecule has 2 aliphatic heterocycles. The fourth-order valence-electron chi connectivity index (χ4n) is 3.31. The number of rotatable bonds is 5. The predicted octanol–water partition coefficient (Wildman–Crippen LogP) is 1.64. The van der Waals surface area contributed by atoms with Crippen molar-refractivity contribution >= 4 is 21.9 Å². The fraction of sp³-hybridized carbons (Fsp3) is 0.556. The Hall–Kier alpha value is -1.93. The molecule has 0 spiro atoms. The normalized spacial score (nSPS) is 19.5. The van der Waals surface area contributed by atoms with Crippen molar-refractivity contribution < 1.29 is 22.7 Å². The summed E-state index contributed by atoms with van der Waals surface area (Å²) in [6.07, 6.45) is 2.83. The lowest BCUT2D eigenvalue weighted by molar-refractivity contribution is -0.138. The minimum Gasteiger partial charge on any atom is -0.449 e. The Morgan fingerprint density at radius 2 is 1.50 bits per heavy atom. The van der Waals surface area contributed by atoms with Crippen LogP contribution in [-0.4, -0.2) is 61.8 Å². The number of ether oxygens (including phenoxy) is 1. The maximum Gasteiger partial charge on any atom is 0.338 e. The van der Waals surface area contributed by atoms with Gasteiger partial charge in [-0.05, 0) is 56.9 Å². The van der Waals surface area contributed by atoms with Crippen LogP contribution >= 0.6 is 0 Å². The monoisotopic (exact) mass is 380 g/mol. The maximum atomic E-state index is 12.5. The molecule has 0 aliphatic carbocycles. The zero-order valence-corrected chi connectivity index (χ0v) is 15.7. The van der Waals surface area contributed by atoms with E-state index >= 15 is 0 Å². The molecule has 26 heavy (non-hydrogen) atoms. The molecule has 1 aromatic rings. The van der Waals surface area contributed by atoms with E-state index in [0.29, 0.717) is 26.2 Å². The van der Waals surface area contributed by atoms with Gasteiger partial charge in [0.05, 0.1) is 10.5 Å². The molecule has 2 saturated heterocycles. The topological polar surface area (TPSA) is 84.0 Å². The summed E-state index contributed by atoms with van der Waals surface area (Å²) < 4.78 is 31.7. The summed E-state index contributed by atoms with van der Waals surface area (Å²) in [5.41, 5.74) is 0.228. The second-order valence-electron chi connectivity index (χ2n) is 6.72. The Labute approximate surface area is 154 Å². The van der Waals surface area contributed by atoms with Crippen LogP contribution < -0.4 is 0 Å². The average Bonchev–Trinajstić information content (AvgIpc) is 3.34. The highest BCUT2D eigenvalue weighted by Crippen LogP contribution is 2.21. The Morgan fingerprint density at radius 1 is 0.962 bits per heavy atom. The van der Waals surface area contributed by atoms with Gasteiger partial charge in [0.15, 0.2) is 6.10 Å². The lowest BCUT2D eigenvalue weighted by Crippen LogP contribution is -2.38. The third kappa shape index (κ3) is 3.91. The van der Waals surface area contributed by atoms with Gasteiger partial charge < -0.3 is 9.64 Å². The van der Waals surface area contributed by atoms with Crippen molar-refractivity contribution in [1.82, 2.24) is 9.21 Å². The summed E-state index contributed by atoms with van der Waals surface area (Å²) >= 11 is 0. The van der Waals surface area contributed by atoms with E-state index in [4.69, 9.17) is 4.74 Å². The second kappa shape index (κ2) is 7.75. The number of carbonyl (C=O) groups is 2. The van der Waals surface area contributed by atoms with E-state index in [1.165, 1.54) is 28.6 Å². The van der Waals surface area contributed by atoms with E-state index < -0.39 is 22.1 Å². The number of amides is 1. The van der Waals surface area contributed by atoms with Crippen LogP contribution in [0, 0.1) is 0 Å². The lowest BCUT2D eigenvalue weighted by Gasteiger charge is -2.20. The molecule has 2 heterocycles. The molecule has 0 N–H and O–H groups in total. The van der Waals surface area contributed by atoms with Gasteiger partial charge in [0, 0.05) is 26.2 Å². The van der Waals surface area contributed by atoms with Crippen molar-refractivity contribution in [2.24, 2.45) is 0 Å². The van der Waals surface area contributed by atoms with Gasteiger partial charge in [-0.3, -0.25) is 4.79 Å². The van der Waals surface area contributed by atoms with Gasteiger partial charge in [-0.2, -0.15) is 4.31 Å². The van der Waals surface area contributed by atoms with Crippen molar-refractivity contribution in [3.8, 4) is 0 Å². The van der Waals surface area contributed by atoms with Gasteiger partial charge in [0.25, 0.3) is 5.91 Å². The van der Waals surface area contributed by atoms with E-state index in [2.05, 4.69) is 0 Å². The summed E-state index contributed by atoms with van der Waals surface area (Å²) in [6.45, 7) is 4.02. The Bertz CT molecular complexity index is 763. The van der Waals surface area contributed by atoms with Crippen LogP contribution in [0.25, 0.3) is 0 Å². The molecule has 0 radical (unpaired) electrons. The number of nitrogens with zero attached hydrogens (tertiary/aromatic N) is 2. The van der Waals surface area contributed by atoms with E-state index in [-0.39, 0.29) is 16.4 Å². The first-order valence-corrected chi connectivity index (χ1v) is 10.4. The summed E-state index contributed by atoms with van der Waals surface area (Å²) in [7, 11) is -3.51. The number of likely N-dealkylation sites (tertiary alicyclic amines) is 1. The number of benzene rings is 1. The Kier molecular flexibility index (Phi) is 5.62. The van der Waals surface area contributed by atoms with E-state index in [1.807, 2.05) is 0 Å². The smallest absolute Gasteiger partial charge is 0.338 e. The summed E-state index contributed by atoms with van der Waals surface area (Å²) in [5, 5.41) is 0. The molecule has 3 rings (SSSR count). The van der Waals surface area contributed by atoms with Crippen LogP contribution in [0.3, 0.4) is 0 Å². The fourth-order valence-corrected chi connectivity index (χ4v) is 4.83. The van der Waals surface area contributed by atoms with Gasteiger partial charge in [-0.15, -0.1) is 0 Å². The Balaban J connectivity index is 1.64. The minimum atomic E-state index is -3.51. The summed E-state index contributed by atoms with van der Waals surface area (Å²) in [6, 6.07) is 5.69. The zero-order valence-electron chi connectivity index (χ0n) is 14.9. The molecule has 2 aliphatic rings. The highest BCUT2D eigenvalue weighted by molar-refractivity contribution is 7.89. The standard InChI is InChI=1S/C18H24N2O5S/c1-14(17(21)19-10-2-3-11-19)25-18(22)15-6-8-16(9-7-15)26(23,24)20-12-4-5-13-20/h6-9,14H,2-5,10-13H2,1H3/t14-/m1/s1. The SMILES string of the molecule is C[C@@H](OC(=O)c1ccc(S(=O)(=O)N2CCCC2)cc1)C(=O)N1CCCC1. The highest BCUT2D eigenvalue weighted by Gasteiger charge is 2.28. The lowest BCUT2D eigenvalue weighted by atomic mass is 10.2. The van der Waals surface area contributed by atoms with Crippen LogP contribution in [0.4, 0.5) is 0 Å². The van der Waals surface area contributed by atoms with E-state index in [0.717, 1.165) is 25.7 Å². The molecular formula is C18H24N2O5S. The van der Waals surface area contributed by atoms with Gasteiger partial charge in [-0.1, -0.05) is 0 Å². The predicted molar refractivity (Wildman–Crippen MR) is 95.1 cm³/mol. The molecule has 0 unspecified atom stereocenters. The van der Waals surface area contributed by atoms with Crippen LogP contribution in [0.5, 0.6) is 0 Å². The van der Waals surface area contributed by atoms with E-state index in [9.17, 15) is 18.0 Å². The number of hydrogen-bond donors (Lipinski definition) is 0. The largest absolute Gasteiger partial charge is 0.449 e. The molecule has 0 bridgehead atoms. The molecular weight excluding hydrogens is 356 g/mol. The van der Waals surface area contributed by atoms with Crippen molar-refractivity contribution in [2.45, 2.75) is 43.6 Å². The number of esters is 1. The minimum absolute atomic E-state index is 0.164. The van der Waals surface area contributed by atoms with Gasteiger partial charge in [-0.25, -0.2) is 13.2 Å². The molecule has 0 saturated carbocycles. The highest BCUT2D eigenvalue weighted by atomic mass is 32.2. The molecule has 0 aromatic heterocycles. The molecule has 7 nitrogen and oxygen atoms in total. The van der Waals surface area contributed by atoms with Crippen molar-refractivity contribution in [3.63, 3.8) is 0 Å². The first-order valence-electron chi connectivity index (χ1n) is 8.99. The van der Waals surface area contributed by atoms with Gasteiger partial charge in [0.1, 0.15) is 0 Å². The van der Waals surface area contributed by atoms with Crippen LogP contribution in [0.1, 0.15) is 43.0 Å². The quantitative estimate of drug-likeness (QED) is 0.725. The molecule has 2 fully saturated rings. The first kappa shape index (κ1) is 18.8.